The Balaban J connectivity index is 2.11. The number of aromatic nitrogens is 1. The fourth-order valence-electron chi connectivity index (χ4n) is 2.60. The van der Waals surface area contributed by atoms with E-state index < -0.39 is 17.9 Å². The number of ether oxygens (including phenoxy) is 3. The lowest BCUT2D eigenvalue weighted by molar-refractivity contribution is -0.148. The van der Waals surface area contributed by atoms with Crippen LogP contribution in [-0.2, 0) is 16.1 Å². The van der Waals surface area contributed by atoms with E-state index in [9.17, 15) is 9.59 Å². The summed E-state index contributed by atoms with van der Waals surface area (Å²) in [7, 11) is 3.00. The Labute approximate surface area is 164 Å². The van der Waals surface area contributed by atoms with Crippen LogP contribution in [0.2, 0.25) is 0 Å². The number of nitrogens with zero attached hydrogens (tertiary/aromatic N) is 1. The number of hydrogen-bond donors (Lipinski definition) is 1. The lowest BCUT2D eigenvalue weighted by atomic mass is 10.0. The number of methoxy groups -OCH3 is 2. The van der Waals surface area contributed by atoms with Gasteiger partial charge in [0.2, 0.25) is 0 Å². The van der Waals surface area contributed by atoms with Gasteiger partial charge in [0, 0.05) is 11.6 Å². The Bertz CT molecular complexity index is 801. The van der Waals surface area contributed by atoms with Crippen LogP contribution in [0.25, 0.3) is 0 Å². The summed E-state index contributed by atoms with van der Waals surface area (Å²) in [4.78, 5) is 25.3. The van der Waals surface area contributed by atoms with E-state index in [0.29, 0.717) is 28.5 Å². The molecule has 1 amide bonds. The molecule has 0 radical (unpaired) electrons. The van der Waals surface area contributed by atoms with Gasteiger partial charge in [-0.25, -0.2) is 4.79 Å². The topological polar surface area (TPSA) is 99.9 Å². The number of aryl methyl sites for hydroxylation is 2. The third-order valence-corrected chi connectivity index (χ3v) is 4.36. The Morgan fingerprint density at radius 2 is 1.71 bits per heavy atom. The summed E-state index contributed by atoms with van der Waals surface area (Å²) < 4.78 is 20.8. The third kappa shape index (κ3) is 5.03. The Hall–Kier alpha value is -3.03. The molecule has 0 saturated heterocycles. The van der Waals surface area contributed by atoms with Crippen molar-refractivity contribution in [2.45, 2.75) is 40.3 Å². The molecule has 0 spiro atoms. The summed E-state index contributed by atoms with van der Waals surface area (Å²) in [6.07, 6.45) is 0. The van der Waals surface area contributed by atoms with Gasteiger partial charge in [-0.2, -0.15) is 0 Å². The quantitative estimate of drug-likeness (QED) is 0.692. The molecule has 8 heteroatoms. The van der Waals surface area contributed by atoms with Crippen LogP contribution in [0.15, 0.2) is 22.7 Å². The normalized spacial score (nSPS) is 11.8. The summed E-state index contributed by atoms with van der Waals surface area (Å²) >= 11 is 0. The molecule has 28 heavy (non-hydrogen) atoms. The molecular weight excluding hydrogens is 364 g/mol. The Kier molecular flexibility index (Phi) is 7.03. The lowest BCUT2D eigenvalue weighted by Crippen LogP contribution is -2.45. The maximum atomic E-state index is 12.7. The van der Waals surface area contributed by atoms with E-state index in [2.05, 4.69) is 10.5 Å². The second-order valence-electron chi connectivity index (χ2n) is 6.71. The van der Waals surface area contributed by atoms with E-state index in [1.54, 1.807) is 32.0 Å². The van der Waals surface area contributed by atoms with E-state index in [1.165, 1.54) is 14.2 Å². The number of rotatable bonds is 8. The average molecular weight is 390 g/mol. The SMILES string of the molecule is COc1cc(OC)cc(C(=O)NC(C(=O)OCc2c(C)noc2C)C(C)C)c1. The van der Waals surface area contributed by atoms with Crippen LogP contribution in [0, 0.1) is 19.8 Å². The predicted molar refractivity (Wildman–Crippen MR) is 101 cm³/mol. The number of carbonyl (C=O) groups excluding carboxylic acids is 2. The Morgan fingerprint density at radius 1 is 1.11 bits per heavy atom. The number of carbonyl (C=O) groups is 2. The Morgan fingerprint density at radius 3 is 2.18 bits per heavy atom. The molecule has 0 bridgehead atoms. The summed E-state index contributed by atoms with van der Waals surface area (Å²) in [5.41, 5.74) is 1.71. The van der Waals surface area contributed by atoms with Crippen molar-refractivity contribution in [1.29, 1.82) is 0 Å². The van der Waals surface area contributed by atoms with Gasteiger partial charge in [-0.15, -0.1) is 0 Å². The predicted octanol–water partition coefficient (Wildman–Crippen LogP) is 2.81. The molecule has 8 nitrogen and oxygen atoms in total. The van der Waals surface area contributed by atoms with Gasteiger partial charge >= 0.3 is 5.97 Å². The highest BCUT2D eigenvalue weighted by molar-refractivity contribution is 5.97. The van der Waals surface area contributed by atoms with E-state index in [-0.39, 0.29) is 12.5 Å². The van der Waals surface area contributed by atoms with Gasteiger partial charge in [-0.3, -0.25) is 4.79 Å². The highest BCUT2D eigenvalue weighted by Crippen LogP contribution is 2.23. The molecular formula is C20H26N2O6. The summed E-state index contributed by atoms with van der Waals surface area (Å²) in [5.74, 6) is 0.425. The maximum Gasteiger partial charge on any atom is 0.329 e. The number of nitrogens with one attached hydrogen (secondary N) is 1. The molecule has 0 aliphatic heterocycles. The van der Waals surface area contributed by atoms with Crippen molar-refractivity contribution >= 4 is 11.9 Å². The monoisotopic (exact) mass is 390 g/mol. The standard InChI is InChI=1S/C20H26N2O6/c1-11(2)18(20(24)27-10-17-12(3)22-28-13(17)4)21-19(23)14-7-15(25-5)9-16(8-14)26-6/h7-9,11,18H,10H2,1-6H3,(H,21,23). The van der Waals surface area contributed by atoms with E-state index in [4.69, 9.17) is 18.7 Å². The molecule has 152 valence electrons. The first-order chi connectivity index (χ1) is 13.3. The van der Waals surface area contributed by atoms with Crippen LogP contribution < -0.4 is 14.8 Å². The zero-order chi connectivity index (χ0) is 20.8. The van der Waals surface area contributed by atoms with Crippen molar-refractivity contribution in [3.63, 3.8) is 0 Å². The minimum Gasteiger partial charge on any atom is -0.497 e. The molecule has 1 heterocycles. The zero-order valence-corrected chi connectivity index (χ0v) is 17.0. The summed E-state index contributed by atoms with van der Waals surface area (Å²) in [5, 5.41) is 6.57. The average Bonchev–Trinajstić information content (AvgIpc) is 3.00. The fraction of sp³-hybridized carbons (Fsp3) is 0.450. The van der Waals surface area contributed by atoms with Gasteiger partial charge in [-0.05, 0) is 31.9 Å². The molecule has 1 aromatic heterocycles. The van der Waals surface area contributed by atoms with Gasteiger partial charge in [0.15, 0.2) is 0 Å². The lowest BCUT2D eigenvalue weighted by Gasteiger charge is -2.21. The highest BCUT2D eigenvalue weighted by atomic mass is 16.5. The number of amides is 1. The van der Waals surface area contributed by atoms with Crippen molar-refractivity contribution in [2.75, 3.05) is 14.2 Å². The molecule has 0 aliphatic rings. The fourth-order valence-corrected chi connectivity index (χ4v) is 2.60. The van der Waals surface area contributed by atoms with Crippen molar-refractivity contribution in [3.05, 3.63) is 40.8 Å². The number of esters is 1. The van der Waals surface area contributed by atoms with Crippen LogP contribution in [0.1, 0.15) is 41.2 Å². The minimum atomic E-state index is -0.815. The van der Waals surface area contributed by atoms with Crippen molar-refractivity contribution < 1.29 is 28.3 Å². The number of hydrogen-bond acceptors (Lipinski definition) is 7. The van der Waals surface area contributed by atoms with E-state index in [1.807, 2.05) is 13.8 Å². The minimum absolute atomic E-state index is 0.0338. The largest absolute Gasteiger partial charge is 0.497 e. The molecule has 1 N–H and O–H groups in total. The van der Waals surface area contributed by atoms with Crippen molar-refractivity contribution in [2.24, 2.45) is 5.92 Å². The smallest absolute Gasteiger partial charge is 0.329 e. The highest BCUT2D eigenvalue weighted by Gasteiger charge is 2.27. The van der Waals surface area contributed by atoms with Crippen LogP contribution in [0.3, 0.4) is 0 Å². The molecule has 1 unspecified atom stereocenters. The van der Waals surface area contributed by atoms with Gasteiger partial charge in [0.05, 0.1) is 25.5 Å². The maximum absolute atomic E-state index is 12.7. The molecule has 0 aliphatic carbocycles. The molecule has 1 atom stereocenters. The van der Waals surface area contributed by atoms with E-state index >= 15 is 0 Å². The third-order valence-electron chi connectivity index (χ3n) is 4.36. The van der Waals surface area contributed by atoms with Gasteiger partial charge in [0.25, 0.3) is 5.91 Å². The molecule has 2 aromatic rings. The van der Waals surface area contributed by atoms with E-state index in [0.717, 1.165) is 5.56 Å². The van der Waals surface area contributed by atoms with Crippen LogP contribution >= 0.6 is 0 Å². The molecule has 0 saturated carbocycles. The van der Waals surface area contributed by atoms with Crippen LogP contribution in [0.5, 0.6) is 11.5 Å². The van der Waals surface area contributed by atoms with Gasteiger partial charge in [-0.1, -0.05) is 19.0 Å². The van der Waals surface area contributed by atoms with Crippen molar-refractivity contribution in [1.82, 2.24) is 10.5 Å². The molecule has 2 rings (SSSR count). The first-order valence-corrected chi connectivity index (χ1v) is 8.89. The second-order valence-corrected chi connectivity index (χ2v) is 6.71. The first kappa shape index (κ1) is 21.3. The second kappa shape index (κ2) is 9.25. The zero-order valence-electron chi connectivity index (χ0n) is 17.0. The summed E-state index contributed by atoms with van der Waals surface area (Å²) in [6.45, 7) is 7.22. The van der Waals surface area contributed by atoms with Crippen LogP contribution in [-0.4, -0.2) is 37.3 Å². The number of benzene rings is 1. The van der Waals surface area contributed by atoms with Gasteiger partial charge < -0.3 is 24.1 Å². The molecule has 0 fully saturated rings. The van der Waals surface area contributed by atoms with Crippen molar-refractivity contribution in [3.8, 4) is 11.5 Å². The summed E-state index contributed by atoms with van der Waals surface area (Å²) in [6, 6.07) is 3.99. The molecule has 1 aromatic carbocycles. The first-order valence-electron chi connectivity index (χ1n) is 8.89. The van der Waals surface area contributed by atoms with Gasteiger partial charge in [0.1, 0.15) is 29.9 Å². The van der Waals surface area contributed by atoms with Crippen LogP contribution in [0.4, 0.5) is 0 Å².